The lowest BCUT2D eigenvalue weighted by Gasteiger charge is -2.12. The van der Waals surface area contributed by atoms with E-state index in [1.165, 1.54) is 5.56 Å². The number of ether oxygens (including phenoxy) is 1. The molecular weight excluding hydrogens is 270 g/mol. The molecule has 0 radical (unpaired) electrons. The Bertz CT molecular complexity index is 591. The average molecular weight is 290 g/mol. The maximum absolute atomic E-state index is 6.14. The molecule has 2 aromatic carbocycles. The Morgan fingerprint density at radius 1 is 1.20 bits per heavy atom. The normalized spacial score (nSPS) is 12.2. The molecule has 0 heterocycles. The van der Waals surface area contributed by atoms with Gasteiger partial charge >= 0.3 is 0 Å². The lowest BCUT2D eigenvalue weighted by molar-refractivity contribution is 0.416. The SMILES string of the molecule is COc1cc(Cl)c(C)cc1-c1ccc(CC(C)N)cc1. The lowest BCUT2D eigenvalue weighted by atomic mass is 9.99. The van der Waals surface area contributed by atoms with E-state index in [1.54, 1.807) is 7.11 Å². The van der Waals surface area contributed by atoms with Gasteiger partial charge in [-0.3, -0.25) is 0 Å². The van der Waals surface area contributed by atoms with E-state index in [0.717, 1.165) is 33.9 Å². The Kier molecular flexibility index (Phi) is 4.69. The van der Waals surface area contributed by atoms with Crippen molar-refractivity contribution in [2.24, 2.45) is 5.73 Å². The summed E-state index contributed by atoms with van der Waals surface area (Å²) in [5.41, 5.74) is 10.3. The van der Waals surface area contributed by atoms with Crippen LogP contribution >= 0.6 is 11.6 Å². The van der Waals surface area contributed by atoms with Crippen LogP contribution < -0.4 is 10.5 Å². The van der Waals surface area contributed by atoms with Gasteiger partial charge in [0.05, 0.1) is 7.11 Å². The van der Waals surface area contributed by atoms with Gasteiger partial charge in [0, 0.05) is 16.6 Å². The molecule has 1 unspecified atom stereocenters. The van der Waals surface area contributed by atoms with Crippen molar-refractivity contribution in [2.45, 2.75) is 26.3 Å². The third kappa shape index (κ3) is 3.33. The predicted octanol–water partition coefficient (Wildman–Crippen LogP) is 4.21. The van der Waals surface area contributed by atoms with Crippen LogP contribution in [0.3, 0.4) is 0 Å². The van der Waals surface area contributed by atoms with Crippen molar-refractivity contribution in [3.05, 3.63) is 52.5 Å². The van der Waals surface area contributed by atoms with Gasteiger partial charge in [-0.2, -0.15) is 0 Å². The molecule has 2 nitrogen and oxygen atoms in total. The van der Waals surface area contributed by atoms with Gasteiger partial charge in [0.2, 0.25) is 0 Å². The minimum Gasteiger partial charge on any atom is -0.496 e. The maximum Gasteiger partial charge on any atom is 0.128 e. The summed E-state index contributed by atoms with van der Waals surface area (Å²) in [5.74, 6) is 0.792. The van der Waals surface area contributed by atoms with E-state index in [9.17, 15) is 0 Å². The van der Waals surface area contributed by atoms with Crippen LogP contribution in [-0.2, 0) is 6.42 Å². The number of aryl methyl sites for hydroxylation is 1. The molecule has 2 aromatic rings. The van der Waals surface area contributed by atoms with Gasteiger partial charge in [0.1, 0.15) is 5.75 Å². The largest absolute Gasteiger partial charge is 0.496 e. The van der Waals surface area contributed by atoms with E-state index in [2.05, 4.69) is 30.3 Å². The van der Waals surface area contributed by atoms with Crippen LogP contribution in [0.2, 0.25) is 5.02 Å². The van der Waals surface area contributed by atoms with E-state index in [-0.39, 0.29) is 6.04 Å². The number of rotatable bonds is 4. The van der Waals surface area contributed by atoms with Crippen molar-refractivity contribution in [1.82, 2.24) is 0 Å². The second kappa shape index (κ2) is 6.29. The number of methoxy groups -OCH3 is 1. The van der Waals surface area contributed by atoms with Gasteiger partial charge in [-0.25, -0.2) is 0 Å². The summed E-state index contributed by atoms with van der Waals surface area (Å²) in [6, 6.07) is 12.5. The van der Waals surface area contributed by atoms with E-state index in [4.69, 9.17) is 22.1 Å². The van der Waals surface area contributed by atoms with E-state index < -0.39 is 0 Å². The number of hydrogen-bond acceptors (Lipinski definition) is 2. The van der Waals surface area contributed by atoms with Crippen LogP contribution in [0, 0.1) is 6.92 Å². The zero-order chi connectivity index (χ0) is 14.7. The quantitative estimate of drug-likeness (QED) is 0.915. The summed E-state index contributed by atoms with van der Waals surface area (Å²) in [6.07, 6.45) is 0.886. The van der Waals surface area contributed by atoms with Crippen LogP contribution in [0.1, 0.15) is 18.1 Å². The topological polar surface area (TPSA) is 35.2 Å². The Hall–Kier alpha value is -1.51. The molecule has 0 aliphatic rings. The first-order valence-corrected chi connectivity index (χ1v) is 7.08. The Morgan fingerprint density at radius 2 is 1.85 bits per heavy atom. The third-order valence-electron chi connectivity index (χ3n) is 3.30. The minimum atomic E-state index is 0.174. The fraction of sp³-hybridized carbons (Fsp3) is 0.294. The summed E-state index contributed by atoms with van der Waals surface area (Å²) in [4.78, 5) is 0. The molecule has 0 aromatic heterocycles. The summed E-state index contributed by atoms with van der Waals surface area (Å²) < 4.78 is 5.43. The zero-order valence-electron chi connectivity index (χ0n) is 12.1. The molecular formula is C17H20ClNO. The second-order valence-electron chi connectivity index (χ2n) is 5.18. The van der Waals surface area contributed by atoms with Gasteiger partial charge in [0.25, 0.3) is 0 Å². The van der Waals surface area contributed by atoms with E-state index in [1.807, 2.05) is 19.9 Å². The minimum absolute atomic E-state index is 0.174. The van der Waals surface area contributed by atoms with Crippen LogP contribution in [0.15, 0.2) is 36.4 Å². The summed E-state index contributed by atoms with van der Waals surface area (Å²) in [5, 5.41) is 0.721. The number of nitrogens with two attached hydrogens (primary N) is 1. The first kappa shape index (κ1) is 14.9. The molecule has 3 heteroatoms. The standard InChI is InChI=1S/C17H20ClNO/c1-11-8-15(17(20-3)10-16(11)18)14-6-4-13(5-7-14)9-12(2)19/h4-8,10,12H,9,19H2,1-3H3. The average Bonchev–Trinajstić information content (AvgIpc) is 2.41. The first-order valence-electron chi connectivity index (χ1n) is 6.70. The lowest BCUT2D eigenvalue weighted by Crippen LogP contribution is -2.17. The highest BCUT2D eigenvalue weighted by molar-refractivity contribution is 6.31. The molecule has 0 spiro atoms. The van der Waals surface area contributed by atoms with Crippen LogP contribution in [0.5, 0.6) is 5.75 Å². The molecule has 0 fully saturated rings. The fourth-order valence-electron chi connectivity index (χ4n) is 2.25. The maximum atomic E-state index is 6.14. The van der Waals surface area contributed by atoms with Crippen molar-refractivity contribution in [3.8, 4) is 16.9 Å². The van der Waals surface area contributed by atoms with Crippen LogP contribution in [0.25, 0.3) is 11.1 Å². The van der Waals surface area contributed by atoms with Gasteiger partial charge < -0.3 is 10.5 Å². The molecule has 2 rings (SSSR count). The first-order chi connectivity index (χ1) is 9.51. The van der Waals surface area contributed by atoms with Crippen molar-refractivity contribution < 1.29 is 4.74 Å². The van der Waals surface area contributed by atoms with Crippen LogP contribution in [-0.4, -0.2) is 13.2 Å². The monoisotopic (exact) mass is 289 g/mol. The molecule has 20 heavy (non-hydrogen) atoms. The van der Waals surface area contributed by atoms with Crippen LogP contribution in [0.4, 0.5) is 0 Å². The number of hydrogen-bond donors (Lipinski definition) is 1. The highest BCUT2D eigenvalue weighted by Gasteiger charge is 2.09. The van der Waals surface area contributed by atoms with E-state index in [0.29, 0.717) is 0 Å². The van der Waals surface area contributed by atoms with Gasteiger partial charge in [-0.05, 0) is 49.1 Å². The summed E-state index contributed by atoms with van der Waals surface area (Å²) in [7, 11) is 1.66. The van der Waals surface area contributed by atoms with Gasteiger partial charge in [-0.1, -0.05) is 35.9 Å². The molecule has 1 atom stereocenters. The van der Waals surface area contributed by atoms with Gasteiger partial charge in [-0.15, -0.1) is 0 Å². The molecule has 0 saturated heterocycles. The Labute approximate surface area is 125 Å². The molecule has 2 N–H and O–H groups in total. The molecule has 0 saturated carbocycles. The number of benzene rings is 2. The smallest absolute Gasteiger partial charge is 0.128 e. The predicted molar refractivity (Wildman–Crippen MR) is 85.5 cm³/mol. The fourth-order valence-corrected chi connectivity index (χ4v) is 2.40. The molecule has 106 valence electrons. The summed E-state index contributed by atoms with van der Waals surface area (Å²) in [6.45, 7) is 4.01. The van der Waals surface area contributed by atoms with E-state index >= 15 is 0 Å². The van der Waals surface area contributed by atoms with Gasteiger partial charge in [0.15, 0.2) is 0 Å². The second-order valence-corrected chi connectivity index (χ2v) is 5.59. The molecule has 0 amide bonds. The van der Waals surface area contributed by atoms with Crippen molar-refractivity contribution in [3.63, 3.8) is 0 Å². The Balaban J connectivity index is 2.38. The molecule has 0 aliphatic carbocycles. The van der Waals surface area contributed by atoms with Crippen molar-refractivity contribution in [2.75, 3.05) is 7.11 Å². The highest BCUT2D eigenvalue weighted by atomic mass is 35.5. The van der Waals surface area contributed by atoms with Crippen molar-refractivity contribution >= 4 is 11.6 Å². The Morgan fingerprint density at radius 3 is 2.40 bits per heavy atom. The molecule has 0 aliphatic heterocycles. The zero-order valence-corrected chi connectivity index (χ0v) is 12.9. The third-order valence-corrected chi connectivity index (χ3v) is 3.71. The number of halogens is 1. The van der Waals surface area contributed by atoms with Crippen molar-refractivity contribution in [1.29, 1.82) is 0 Å². The highest BCUT2D eigenvalue weighted by Crippen LogP contribution is 2.34. The summed E-state index contributed by atoms with van der Waals surface area (Å²) >= 11 is 6.14. The molecule has 0 bridgehead atoms.